The minimum Gasteiger partial charge on any atom is -0.349 e. The molecule has 1 aromatic heterocycles. The molecule has 7 nitrogen and oxygen atoms in total. The zero-order chi connectivity index (χ0) is 22.5. The fourth-order valence-corrected chi connectivity index (χ4v) is 4.30. The van der Waals surface area contributed by atoms with Crippen molar-refractivity contribution < 1.29 is 9.59 Å². The predicted octanol–water partition coefficient (Wildman–Crippen LogP) is 4.35. The number of fused-ring (bicyclic) bond motifs is 1. The molecule has 0 radical (unpaired) electrons. The van der Waals surface area contributed by atoms with E-state index in [-0.39, 0.29) is 23.6 Å². The Morgan fingerprint density at radius 3 is 2.69 bits per heavy atom. The van der Waals surface area contributed by atoms with Crippen molar-refractivity contribution in [3.8, 4) is 5.69 Å². The third-order valence-corrected chi connectivity index (χ3v) is 5.90. The first-order valence-electron chi connectivity index (χ1n) is 10.2. The Labute approximate surface area is 190 Å². The lowest BCUT2D eigenvalue weighted by Gasteiger charge is -2.16. The lowest BCUT2D eigenvalue weighted by Crippen LogP contribution is -2.28. The number of amides is 2. The Morgan fingerprint density at radius 2 is 1.84 bits per heavy atom. The number of carbonyl (C=O) groups is 2. The van der Waals surface area contributed by atoms with Crippen molar-refractivity contribution in [1.82, 2.24) is 20.1 Å². The summed E-state index contributed by atoms with van der Waals surface area (Å²) < 4.78 is 1.79. The van der Waals surface area contributed by atoms with Gasteiger partial charge >= 0.3 is 0 Å². The molecule has 0 saturated carbocycles. The van der Waals surface area contributed by atoms with E-state index in [9.17, 15) is 9.59 Å². The summed E-state index contributed by atoms with van der Waals surface area (Å²) in [5, 5.41) is 16.8. The van der Waals surface area contributed by atoms with Crippen LogP contribution in [0.1, 0.15) is 25.5 Å². The number of nitrogens with one attached hydrogen (secondary N) is 2. The Balaban J connectivity index is 1.42. The maximum absolute atomic E-state index is 12.6. The van der Waals surface area contributed by atoms with E-state index in [0.717, 1.165) is 22.0 Å². The molecule has 1 atom stereocenters. The average Bonchev–Trinajstić information content (AvgIpc) is 3.26. The van der Waals surface area contributed by atoms with E-state index in [2.05, 4.69) is 39.0 Å². The van der Waals surface area contributed by atoms with Gasteiger partial charge in [-0.1, -0.05) is 60.3 Å². The van der Waals surface area contributed by atoms with Gasteiger partial charge in [-0.3, -0.25) is 14.2 Å². The van der Waals surface area contributed by atoms with Crippen LogP contribution in [0.15, 0.2) is 78.2 Å². The van der Waals surface area contributed by atoms with Gasteiger partial charge < -0.3 is 10.6 Å². The summed E-state index contributed by atoms with van der Waals surface area (Å²) in [5.41, 5.74) is 2.56. The highest BCUT2D eigenvalue weighted by atomic mass is 32.2. The number of carbonyl (C=O) groups excluding carboxylic acids is 2. The summed E-state index contributed by atoms with van der Waals surface area (Å²) in [4.78, 5) is 24.0. The zero-order valence-corrected chi connectivity index (χ0v) is 18.6. The van der Waals surface area contributed by atoms with Crippen molar-refractivity contribution in [3.63, 3.8) is 0 Å². The van der Waals surface area contributed by atoms with E-state index in [4.69, 9.17) is 0 Å². The third-order valence-electron chi connectivity index (χ3n) is 4.96. The van der Waals surface area contributed by atoms with Crippen molar-refractivity contribution in [2.45, 2.75) is 25.0 Å². The van der Waals surface area contributed by atoms with Gasteiger partial charge in [0.1, 0.15) is 6.33 Å². The molecule has 3 aromatic carbocycles. The van der Waals surface area contributed by atoms with Crippen LogP contribution in [0, 0.1) is 0 Å². The van der Waals surface area contributed by atoms with Crippen LogP contribution in [0.3, 0.4) is 0 Å². The summed E-state index contributed by atoms with van der Waals surface area (Å²) in [6, 6.07) is 21.5. The summed E-state index contributed by atoms with van der Waals surface area (Å²) in [7, 11) is 0. The van der Waals surface area contributed by atoms with Crippen molar-refractivity contribution in [3.05, 3.63) is 78.6 Å². The maximum Gasteiger partial charge on any atom is 0.230 e. The van der Waals surface area contributed by atoms with Crippen molar-refractivity contribution in [2.24, 2.45) is 0 Å². The van der Waals surface area contributed by atoms with E-state index in [1.807, 2.05) is 55.5 Å². The van der Waals surface area contributed by atoms with Gasteiger partial charge in [0.15, 0.2) is 5.16 Å². The smallest absolute Gasteiger partial charge is 0.230 e. The SMILES string of the molecule is CC(=O)Nc1cccc(-n2cnnc2SCC(=O)NC(C)c2cccc3ccccc23)c1. The predicted molar refractivity (Wildman–Crippen MR) is 127 cm³/mol. The number of anilines is 1. The lowest BCUT2D eigenvalue weighted by molar-refractivity contribution is -0.119. The summed E-state index contributed by atoms with van der Waals surface area (Å²) in [5.74, 6) is -0.0198. The number of nitrogens with zero attached hydrogens (tertiary/aromatic N) is 3. The van der Waals surface area contributed by atoms with Gasteiger partial charge in [0.05, 0.1) is 17.5 Å². The number of hydrogen-bond donors (Lipinski definition) is 2. The average molecular weight is 446 g/mol. The minimum absolute atomic E-state index is 0.0861. The number of thioether (sulfide) groups is 1. The van der Waals surface area contributed by atoms with E-state index in [1.54, 1.807) is 10.9 Å². The molecule has 0 saturated heterocycles. The van der Waals surface area contributed by atoms with E-state index in [1.165, 1.54) is 18.7 Å². The molecule has 0 fully saturated rings. The van der Waals surface area contributed by atoms with Crippen LogP contribution in [0.4, 0.5) is 5.69 Å². The van der Waals surface area contributed by atoms with E-state index in [0.29, 0.717) is 10.8 Å². The molecule has 0 aliphatic carbocycles. The minimum atomic E-state index is -0.141. The molecule has 8 heteroatoms. The first kappa shape index (κ1) is 21.6. The van der Waals surface area contributed by atoms with Crippen LogP contribution >= 0.6 is 11.8 Å². The second-order valence-electron chi connectivity index (χ2n) is 7.36. The molecular formula is C24H23N5O2S. The monoisotopic (exact) mass is 445 g/mol. The van der Waals surface area contributed by atoms with Gasteiger partial charge in [0, 0.05) is 12.6 Å². The van der Waals surface area contributed by atoms with Gasteiger partial charge in [-0.15, -0.1) is 10.2 Å². The van der Waals surface area contributed by atoms with Crippen LogP contribution in [0.25, 0.3) is 16.5 Å². The molecule has 0 aliphatic rings. The van der Waals surface area contributed by atoms with Crippen molar-refractivity contribution in [2.75, 3.05) is 11.1 Å². The molecule has 1 unspecified atom stereocenters. The quantitative estimate of drug-likeness (QED) is 0.413. The molecule has 0 spiro atoms. The molecule has 162 valence electrons. The van der Waals surface area contributed by atoms with Crippen LogP contribution in [-0.4, -0.2) is 32.3 Å². The Kier molecular flexibility index (Phi) is 6.51. The molecule has 2 N–H and O–H groups in total. The topological polar surface area (TPSA) is 88.9 Å². The maximum atomic E-state index is 12.6. The summed E-state index contributed by atoms with van der Waals surface area (Å²) >= 11 is 1.31. The fraction of sp³-hybridized carbons (Fsp3) is 0.167. The van der Waals surface area contributed by atoms with Crippen molar-refractivity contribution >= 4 is 40.0 Å². The molecule has 4 aromatic rings. The number of hydrogen-bond acceptors (Lipinski definition) is 5. The largest absolute Gasteiger partial charge is 0.349 e. The molecule has 0 aliphatic heterocycles. The van der Waals surface area contributed by atoms with E-state index >= 15 is 0 Å². The number of rotatable bonds is 7. The van der Waals surface area contributed by atoms with Gasteiger partial charge in [0.2, 0.25) is 11.8 Å². The molecule has 32 heavy (non-hydrogen) atoms. The number of benzene rings is 3. The summed E-state index contributed by atoms with van der Waals surface area (Å²) in [6.07, 6.45) is 1.59. The highest BCUT2D eigenvalue weighted by Gasteiger charge is 2.15. The molecule has 0 bridgehead atoms. The first-order valence-corrected chi connectivity index (χ1v) is 11.2. The Morgan fingerprint density at radius 1 is 1.06 bits per heavy atom. The van der Waals surface area contributed by atoms with Crippen molar-refractivity contribution in [1.29, 1.82) is 0 Å². The van der Waals surface area contributed by atoms with Crippen LogP contribution in [0.2, 0.25) is 0 Å². The third kappa shape index (κ3) is 4.97. The standard InChI is InChI=1S/C24H23N5O2S/c1-16(21-12-5-8-18-7-3-4-11-22(18)21)26-23(31)14-32-24-28-25-15-29(24)20-10-6-9-19(13-20)27-17(2)30/h3-13,15-16H,14H2,1-2H3,(H,26,31)(H,27,30). The highest BCUT2D eigenvalue weighted by Crippen LogP contribution is 2.25. The van der Waals surface area contributed by atoms with Crippen LogP contribution in [0.5, 0.6) is 0 Å². The Hall–Kier alpha value is -3.65. The first-order chi connectivity index (χ1) is 15.5. The second-order valence-corrected chi connectivity index (χ2v) is 8.30. The fourth-order valence-electron chi connectivity index (χ4n) is 3.56. The van der Waals surface area contributed by atoms with Gasteiger partial charge in [-0.2, -0.15) is 0 Å². The van der Waals surface area contributed by atoms with Gasteiger partial charge in [0.25, 0.3) is 0 Å². The van der Waals surface area contributed by atoms with Gasteiger partial charge in [-0.25, -0.2) is 0 Å². The Bertz CT molecular complexity index is 1260. The van der Waals surface area contributed by atoms with E-state index < -0.39 is 0 Å². The molecule has 4 rings (SSSR count). The van der Waals surface area contributed by atoms with Gasteiger partial charge in [-0.05, 0) is 41.5 Å². The summed E-state index contributed by atoms with van der Waals surface area (Å²) in [6.45, 7) is 3.45. The second kappa shape index (κ2) is 9.65. The normalized spacial score (nSPS) is 11.8. The lowest BCUT2D eigenvalue weighted by atomic mass is 10.00. The molecular weight excluding hydrogens is 422 g/mol. The number of aromatic nitrogens is 3. The highest BCUT2D eigenvalue weighted by molar-refractivity contribution is 7.99. The van der Waals surface area contributed by atoms with Crippen LogP contribution < -0.4 is 10.6 Å². The molecule has 1 heterocycles. The molecule has 2 amide bonds. The zero-order valence-electron chi connectivity index (χ0n) is 17.8. The van der Waals surface area contributed by atoms with Crippen LogP contribution in [-0.2, 0) is 9.59 Å².